The van der Waals surface area contributed by atoms with E-state index in [0.29, 0.717) is 51.1 Å². The zero-order valence-corrected chi connectivity index (χ0v) is 19.8. The van der Waals surface area contributed by atoms with Gasteiger partial charge in [-0.2, -0.15) is 17.5 Å². The van der Waals surface area contributed by atoms with Crippen molar-refractivity contribution in [2.45, 2.75) is 49.7 Å². The molecule has 1 fully saturated rings. The molecule has 6 nitrogen and oxygen atoms in total. The fourth-order valence-corrected chi connectivity index (χ4v) is 5.24. The van der Waals surface area contributed by atoms with Gasteiger partial charge in [-0.05, 0) is 48.2 Å². The number of alkyl halides is 3. The SMILES string of the molecule is CCCC(NC(=O)CCc1ccc(S(=O)(=O)N2CCOCC2)cc1)c1cccc(C(F)(F)F)c1. The second-order valence-corrected chi connectivity index (χ2v) is 10.1. The van der Waals surface area contributed by atoms with Crippen molar-refractivity contribution in [3.05, 3.63) is 65.2 Å². The zero-order chi connectivity index (χ0) is 24.8. The maximum Gasteiger partial charge on any atom is 0.416 e. The first-order chi connectivity index (χ1) is 16.1. The molecule has 1 amide bonds. The lowest BCUT2D eigenvalue weighted by Crippen LogP contribution is -2.40. The summed E-state index contributed by atoms with van der Waals surface area (Å²) in [4.78, 5) is 12.7. The van der Waals surface area contributed by atoms with Gasteiger partial charge < -0.3 is 10.1 Å². The molecule has 3 rings (SSSR count). The Morgan fingerprint density at radius 2 is 1.79 bits per heavy atom. The molecule has 0 radical (unpaired) electrons. The lowest BCUT2D eigenvalue weighted by atomic mass is 9.99. The molecule has 1 heterocycles. The number of hydrogen-bond acceptors (Lipinski definition) is 4. The molecular weight excluding hydrogens is 469 g/mol. The summed E-state index contributed by atoms with van der Waals surface area (Å²) in [5, 5.41) is 2.84. The number of nitrogens with one attached hydrogen (secondary N) is 1. The van der Waals surface area contributed by atoms with Crippen molar-refractivity contribution < 1.29 is 31.1 Å². The summed E-state index contributed by atoms with van der Waals surface area (Å²) in [6.07, 6.45) is -2.72. The number of morpholine rings is 1. The molecule has 2 aromatic rings. The monoisotopic (exact) mass is 498 g/mol. The Bertz CT molecular complexity index is 1070. The quantitative estimate of drug-likeness (QED) is 0.559. The van der Waals surface area contributed by atoms with Gasteiger partial charge in [-0.25, -0.2) is 8.42 Å². The van der Waals surface area contributed by atoms with Gasteiger partial charge in [0.1, 0.15) is 0 Å². The molecule has 0 aliphatic carbocycles. The molecule has 1 saturated heterocycles. The molecule has 1 N–H and O–H groups in total. The lowest BCUT2D eigenvalue weighted by Gasteiger charge is -2.26. The maximum atomic E-state index is 13.1. The Kier molecular flexibility index (Phi) is 8.72. The molecule has 34 heavy (non-hydrogen) atoms. The van der Waals surface area contributed by atoms with Crippen LogP contribution < -0.4 is 5.32 Å². The smallest absolute Gasteiger partial charge is 0.379 e. The summed E-state index contributed by atoms with van der Waals surface area (Å²) in [6, 6.07) is 10.9. The van der Waals surface area contributed by atoms with Crippen LogP contribution in [-0.4, -0.2) is 44.9 Å². The summed E-state index contributed by atoms with van der Waals surface area (Å²) in [5.74, 6) is -0.277. The van der Waals surface area contributed by atoms with Crippen LogP contribution in [0.2, 0.25) is 0 Å². The molecular formula is C24H29F3N2O4S. The standard InChI is InChI=1S/C24H29F3N2O4S/c1-2-4-22(19-5-3-6-20(17-19)24(25,26)27)28-23(30)12-9-18-7-10-21(11-8-18)34(31,32)29-13-15-33-16-14-29/h3,5-8,10-11,17,22H,2,4,9,12-16H2,1H3,(H,28,30). The van der Waals surface area contributed by atoms with E-state index in [9.17, 15) is 26.4 Å². The number of rotatable bonds is 9. The Morgan fingerprint density at radius 1 is 1.12 bits per heavy atom. The van der Waals surface area contributed by atoms with Crippen molar-refractivity contribution in [3.63, 3.8) is 0 Å². The number of halogens is 3. The maximum absolute atomic E-state index is 13.1. The number of nitrogens with zero attached hydrogens (tertiary/aromatic N) is 1. The van der Waals surface area contributed by atoms with Crippen molar-refractivity contribution in [1.29, 1.82) is 0 Å². The van der Waals surface area contributed by atoms with E-state index in [1.165, 1.54) is 22.5 Å². The van der Waals surface area contributed by atoms with Crippen LogP contribution in [0, 0.1) is 0 Å². The van der Waals surface area contributed by atoms with E-state index >= 15 is 0 Å². The van der Waals surface area contributed by atoms with Crippen molar-refractivity contribution >= 4 is 15.9 Å². The highest BCUT2D eigenvalue weighted by atomic mass is 32.2. The number of benzene rings is 2. The Hall–Kier alpha value is -2.43. The van der Waals surface area contributed by atoms with Crippen molar-refractivity contribution in [2.24, 2.45) is 0 Å². The average Bonchev–Trinajstić information content (AvgIpc) is 2.83. The van der Waals surface area contributed by atoms with E-state index in [-0.39, 0.29) is 17.2 Å². The molecule has 10 heteroatoms. The largest absolute Gasteiger partial charge is 0.416 e. The van der Waals surface area contributed by atoms with E-state index in [1.807, 2.05) is 6.92 Å². The number of carbonyl (C=O) groups is 1. The summed E-state index contributed by atoms with van der Waals surface area (Å²) in [6.45, 7) is 3.27. The summed E-state index contributed by atoms with van der Waals surface area (Å²) < 4.78 is 71.2. The summed E-state index contributed by atoms with van der Waals surface area (Å²) in [7, 11) is -3.58. The minimum atomic E-state index is -4.45. The molecule has 1 atom stereocenters. The predicted octanol–water partition coefficient (Wildman–Crippen LogP) is 4.32. The minimum absolute atomic E-state index is 0.134. The fraction of sp³-hybridized carbons (Fsp3) is 0.458. The molecule has 0 spiro atoms. The van der Waals surface area contributed by atoms with Crippen molar-refractivity contribution in [1.82, 2.24) is 9.62 Å². The average molecular weight is 499 g/mol. The minimum Gasteiger partial charge on any atom is -0.379 e. The van der Waals surface area contributed by atoms with Gasteiger partial charge in [0.2, 0.25) is 15.9 Å². The van der Waals surface area contributed by atoms with Gasteiger partial charge in [0.15, 0.2) is 0 Å². The van der Waals surface area contributed by atoms with Gasteiger partial charge in [0.25, 0.3) is 0 Å². The third-order valence-corrected chi connectivity index (χ3v) is 7.61. The van der Waals surface area contributed by atoms with Crippen LogP contribution in [0.3, 0.4) is 0 Å². The van der Waals surface area contributed by atoms with Crippen LogP contribution >= 0.6 is 0 Å². The zero-order valence-electron chi connectivity index (χ0n) is 19.0. The van der Waals surface area contributed by atoms with Crippen LogP contribution in [0.1, 0.15) is 48.9 Å². The lowest BCUT2D eigenvalue weighted by molar-refractivity contribution is -0.137. The molecule has 1 unspecified atom stereocenters. The highest BCUT2D eigenvalue weighted by molar-refractivity contribution is 7.89. The third-order valence-electron chi connectivity index (χ3n) is 5.70. The Labute approximate surface area is 198 Å². The fourth-order valence-electron chi connectivity index (χ4n) is 3.83. The molecule has 0 aromatic heterocycles. The number of hydrogen-bond donors (Lipinski definition) is 1. The van der Waals surface area contributed by atoms with E-state index in [2.05, 4.69) is 5.32 Å². The highest BCUT2D eigenvalue weighted by Gasteiger charge is 2.31. The third kappa shape index (κ3) is 6.80. The van der Waals surface area contributed by atoms with Crippen LogP contribution in [0.5, 0.6) is 0 Å². The normalized spacial score (nSPS) is 16.2. The number of amides is 1. The molecule has 1 aliphatic rings. The first-order valence-electron chi connectivity index (χ1n) is 11.2. The first-order valence-corrected chi connectivity index (χ1v) is 12.7. The van der Waals surface area contributed by atoms with Gasteiger partial charge in [-0.3, -0.25) is 4.79 Å². The van der Waals surface area contributed by atoms with Gasteiger partial charge in [-0.15, -0.1) is 0 Å². The Morgan fingerprint density at radius 3 is 2.41 bits per heavy atom. The number of aryl methyl sites for hydroxylation is 1. The van der Waals surface area contributed by atoms with Crippen LogP contribution in [0.15, 0.2) is 53.4 Å². The highest BCUT2D eigenvalue weighted by Crippen LogP contribution is 2.31. The van der Waals surface area contributed by atoms with E-state index in [0.717, 1.165) is 17.7 Å². The molecule has 1 aliphatic heterocycles. The second-order valence-electron chi connectivity index (χ2n) is 8.19. The molecule has 0 bridgehead atoms. The van der Waals surface area contributed by atoms with Crippen LogP contribution in [-0.2, 0) is 32.2 Å². The number of ether oxygens (including phenoxy) is 1. The van der Waals surface area contributed by atoms with Gasteiger partial charge in [-0.1, -0.05) is 37.6 Å². The van der Waals surface area contributed by atoms with Gasteiger partial charge in [0, 0.05) is 19.5 Å². The van der Waals surface area contributed by atoms with Gasteiger partial charge >= 0.3 is 6.18 Å². The second kappa shape index (κ2) is 11.3. The van der Waals surface area contributed by atoms with Crippen molar-refractivity contribution in [2.75, 3.05) is 26.3 Å². The summed E-state index contributed by atoms with van der Waals surface area (Å²) in [5.41, 5.74) is 0.470. The van der Waals surface area contributed by atoms with Gasteiger partial charge in [0.05, 0.1) is 29.7 Å². The molecule has 0 saturated carbocycles. The molecule has 186 valence electrons. The topological polar surface area (TPSA) is 75.7 Å². The van der Waals surface area contributed by atoms with E-state index in [1.54, 1.807) is 18.2 Å². The van der Waals surface area contributed by atoms with E-state index in [4.69, 9.17) is 4.74 Å². The van der Waals surface area contributed by atoms with E-state index < -0.39 is 27.8 Å². The summed E-state index contributed by atoms with van der Waals surface area (Å²) >= 11 is 0. The first kappa shape index (κ1) is 26.2. The Balaban J connectivity index is 1.60. The molecule has 2 aromatic carbocycles. The van der Waals surface area contributed by atoms with Crippen LogP contribution in [0.25, 0.3) is 0 Å². The van der Waals surface area contributed by atoms with Crippen molar-refractivity contribution in [3.8, 4) is 0 Å². The number of sulfonamides is 1. The number of carbonyl (C=O) groups excluding carboxylic acids is 1. The predicted molar refractivity (Wildman–Crippen MR) is 122 cm³/mol. The van der Waals surface area contributed by atoms with Crippen LogP contribution in [0.4, 0.5) is 13.2 Å².